The molecule has 0 aromatic rings. The number of hydrogen-bond acceptors (Lipinski definition) is 3. The van der Waals surface area contributed by atoms with Crippen LogP contribution in [0.25, 0.3) is 0 Å². The van der Waals surface area contributed by atoms with Crippen molar-refractivity contribution in [2.75, 3.05) is 20.1 Å². The Bertz CT molecular complexity index is 242. The SMILES string of the molecule is CNCC(C)N1CC(C)NC(=O)C1=O. The van der Waals surface area contributed by atoms with Crippen LogP contribution in [0.2, 0.25) is 0 Å². The van der Waals surface area contributed by atoms with E-state index < -0.39 is 11.8 Å². The number of nitrogens with zero attached hydrogens (tertiary/aromatic N) is 1. The number of likely N-dealkylation sites (N-methyl/N-ethyl adjacent to an activating group) is 1. The summed E-state index contributed by atoms with van der Waals surface area (Å²) in [4.78, 5) is 24.3. The highest BCUT2D eigenvalue weighted by molar-refractivity contribution is 6.35. The lowest BCUT2D eigenvalue weighted by Gasteiger charge is -2.35. The summed E-state index contributed by atoms with van der Waals surface area (Å²) in [6.45, 7) is 5.11. The fourth-order valence-electron chi connectivity index (χ4n) is 1.63. The maximum atomic E-state index is 11.5. The molecule has 0 aromatic carbocycles. The van der Waals surface area contributed by atoms with Gasteiger partial charge in [0.1, 0.15) is 0 Å². The molecular weight excluding hydrogens is 182 g/mol. The molecule has 14 heavy (non-hydrogen) atoms. The highest BCUT2D eigenvalue weighted by atomic mass is 16.2. The van der Waals surface area contributed by atoms with E-state index in [1.54, 1.807) is 4.90 Å². The van der Waals surface area contributed by atoms with Crippen molar-refractivity contribution >= 4 is 11.8 Å². The summed E-state index contributed by atoms with van der Waals surface area (Å²) >= 11 is 0. The van der Waals surface area contributed by atoms with Crippen LogP contribution in [0.15, 0.2) is 0 Å². The van der Waals surface area contributed by atoms with E-state index in [9.17, 15) is 9.59 Å². The zero-order chi connectivity index (χ0) is 10.7. The number of piperazine rings is 1. The van der Waals surface area contributed by atoms with Crippen LogP contribution in [-0.4, -0.2) is 48.9 Å². The molecule has 2 unspecified atom stereocenters. The van der Waals surface area contributed by atoms with E-state index in [2.05, 4.69) is 10.6 Å². The average molecular weight is 199 g/mol. The Morgan fingerprint density at radius 3 is 2.86 bits per heavy atom. The lowest BCUT2D eigenvalue weighted by Crippen LogP contribution is -2.60. The summed E-state index contributed by atoms with van der Waals surface area (Å²) in [5, 5.41) is 5.59. The number of rotatable bonds is 3. The number of carbonyl (C=O) groups excluding carboxylic acids is 2. The van der Waals surface area contributed by atoms with Gasteiger partial charge in [0.25, 0.3) is 0 Å². The van der Waals surface area contributed by atoms with Crippen LogP contribution in [0.1, 0.15) is 13.8 Å². The van der Waals surface area contributed by atoms with Gasteiger partial charge < -0.3 is 15.5 Å². The van der Waals surface area contributed by atoms with E-state index in [1.807, 2.05) is 20.9 Å². The standard InChI is InChI=1S/C9H17N3O2/c1-6-5-12(7(2)4-10-3)9(14)8(13)11-6/h6-7,10H,4-5H2,1-3H3,(H,11,13). The highest BCUT2D eigenvalue weighted by Crippen LogP contribution is 2.05. The second-order valence-electron chi connectivity index (χ2n) is 3.74. The second kappa shape index (κ2) is 4.41. The molecule has 0 spiro atoms. The first-order valence-electron chi connectivity index (χ1n) is 4.82. The fraction of sp³-hybridized carbons (Fsp3) is 0.778. The van der Waals surface area contributed by atoms with Crippen molar-refractivity contribution in [1.82, 2.24) is 15.5 Å². The van der Waals surface area contributed by atoms with E-state index in [0.29, 0.717) is 13.1 Å². The van der Waals surface area contributed by atoms with Crippen LogP contribution in [-0.2, 0) is 9.59 Å². The van der Waals surface area contributed by atoms with E-state index in [0.717, 1.165) is 0 Å². The number of nitrogens with one attached hydrogen (secondary N) is 2. The molecule has 1 saturated heterocycles. The molecular formula is C9H17N3O2. The summed E-state index contributed by atoms with van der Waals surface area (Å²) in [5.74, 6) is -0.919. The van der Waals surface area contributed by atoms with Crippen LogP contribution in [0, 0.1) is 0 Å². The first-order valence-corrected chi connectivity index (χ1v) is 4.82. The van der Waals surface area contributed by atoms with E-state index in [4.69, 9.17) is 0 Å². The van der Waals surface area contributed by atoms with Gasteiger partial charge in [-0.05, 0) is 20.9 Å². The minimum atomic E-state index is -0.494. The third-order valence-electron chi connectivity index (χ3n) is 2.33. The Kier molecular flexibility index (Phi) is 3.46. The molecule has 5 heteroatoms. The zero-order valence-electron chi connectivity index (χ0n) is 8.83. The van der Waals surface area contributed by atoms with Gasteiger partial charge >= 0.3 is 11.8 Å². The van der Waals surface area contributed by atoms with Gasteiger partial charge in [-0.1, -0.05) is 0 Å². The largest absolute Gasteiger partial charge is 0.344 e. The Morgan fingerprint density at radius 2 is 2.29 bits per heavy atom. The Hall–Kier alpha value is -1.10. The monoisotopic (exact) mass is 199 g/mol. The number of carbonyl (C=O) groups is 2. The molecule has 0 bridgehead atoms. The predicted molar refractivity (Wildman–Crippen MR) is 52.7 cm³/mol. The van der Waals surface area contributed by atoms with Gasteiger partial charge in [0.05, 0.1) is 0 Å². The van der Waals surface area contributed by atoms with Crippen molar-refractivity contribution in [2.24, 2.45) is 0 Å². The minimum Gasteiger partial charge on any atom is -0.344 e. The normalized spacial score (nSPS) is 24.8. The van der Waals surface area contributed by atoms with Crippen molar-refractivity contribution in [3.63, 3.8) is 0 Å². The maximum Gasteiger partial charge on any atom is 0.312 e. The molecule has 0 saturated carbocycles. The van der Waals surface area contributed by atoms with E-state index in [-0.39, 0.29) is 12.1 Å². The molecule has 0 aromatic heterocycles. The molecule has 0 aliphatic carbocycles. The Balaban J connectivity index is 2.66. The molecule has 2 atom stereocenters. The molecule has 2 amide bonds. The van der Waals surface area contributed by atoms with Gasteiger partial charge in [0.15, 0.2) is 0 Å². The molecule has 1 heterocycles. The van der Waals surface area contributed by atoms with Gasteiger partial charge in [-0.2, -0.15) is 0 Å². The minimum absolute atomic E-state index is 0.0412. The lowest BCUT2D eigenvalue weighted by atomic mass is 10.1. The molecule has 1 rings (SSSR count). The molecule has 1 aliphatic heterocycles. The Labute approximate surface area is 83.8 Å². The summed E-state index contributed by atoms with van der Waals surface area (Å²) < 4.78 is 0. The van der Waals surface area contributed by atoms with Crippen molar-refractivity contribution < 1.29 is 9.59 Å². The van der Waals surface area contributed by atoms with Gasteiger partial charge in [-0.25, -0.2) is 0 Å². The smallest absolute Gasteiger partial charge is 0.312 e. The maximum absolute atomic E-state index is 11.5. The van der Waals surface area contributed by atoms with Crippen LogP contribution in [0.4, 0.5) is 0 Å². The first kappa shape index (κ1) is 11.0. The molecule has 0 radical (unpaired) electrons. The molecule has 1 aliphatic rings. The average Bonchev–Trinajstić information content (AvgIpc) is 2.11. The van der Waals surface area contributed by atoms with Crippen LogP contribution in [0.3, 0.4) is 0 Å². The quantitative estimate of drug-likeness (QED) is 0.570. The molecule has 2 N–H and O–H groups in total. The lowest BCUT2D eigenvalue weighted by molar-refractivity contribution is -0.150. The van der Waals surface area contributed by atoms with Crippen molar-refractivity contribution in [3.8, 4) is 0 Å². The topological polar surface area (TPSA) is 61.4 Å². The van der Waals surface area contributed by atoms with Crippen LogP contribution >= 0.6 is 0 Å². The fourth-order valence-corrected chi connectivity index (χ4v) is 1.63. The highest BCUT2D eigenvalue weighted by Gasteiger charge is 2.32. The van der Waals surface area contributed by atoms with Gasteiger partial charge in [0.2, 0.25) is 0 Å². The molecule has 1 fully saturated rings. The third kappa shape index (κ3) is 2.23. The second-order valence-corrected chi connectivity index (χ2v) is 3.74. The van der Waals surface area contributed by atoms with E-state index >= 15 is 0 Å². The predicted octanol–water partition coefficient (Wildman–Crippen LogP) is -1.06. The molecule has 5 nitrogen and oxygen atoms in total. The first-order chi connectivity index (χ1) is 6.56. The summed E-state index contributed by atoms with van der Waals surface area (Å²) in [5.41, 5.74) is 0. The van der Waals surface area contributed by atoms with Crippen LogP contribution in [0.5, 0.6) is 0 Å². The third-order valence-corrected chi connectivity index (χ3v) is 2.33. The van der Waals surface area contributed by atoms with Crippen LogP contribution < -0.4 is 10.6 Å². The number of hydrogen-bond donors (Lipinski definition) is 2. The Morgan fingerprint density at radius 1 is 1.64 bits per heavy atom. The van der Waals surface area contributed by atoms with Gasteiger partial charge in [-0.3, -0.25) is 9.59 Å². The van der Waals surface area contributed by atoms with E-state index in [1.165, 1.54) is 0 Å². The van der Waals surface area contributed by atoms with Gasteiger partial charge in [-0.15, -0.1) is 0 Å². The zero-order valence-corrected chi connectivity index (χ0v) is 8.83. The summed E-state index contributed by atoms with van der Waals surface area (Å²) in [6, 6.07) is 0.0977. The van der Waals surface area contributed by atoms with Crippen molar-refractivity contribution in [2.45, 2.75) is 25.9 Å². The van der Waals surface area contributed by atoms with Gasteiger partial charge in [0, 0.05) is 25.2 Å². The summed E-state index contributed by atoms with van der Waals surface area (Å²) in [7, 11) is 1.83. The number of amides is 2. The summed E-state index contributed by atoms with van der Waals surface area (Å²) in [6.07, 6.45) is 0. The van der Waals surface area contributed by atoms with Crippen molar-refractivity contribution in [3.05, 3.63) is 0 Å². The molecule has 80 valence electrons. The van der Waals surface area contributed by atoms with Crippen molar-refractivity contribution in [1.29, 1.82) is 0 Å².